The Bertz CT molecular complexity index is 596. The monoisotopic (exact) mass is 337 g/mol. The Balaban J connectivity index is 1.75. The van der Waals surface area contributed by atoms with Gasteiger partial charge >= 0.3 is 0 Å². The highest BCUT2D eigenvalue weighted by Gasteiger charge is 2.26. The van der Waals surface area contributed by atoms with Crippen LogP contribution in [0.25, 0.3) is 11.0 Å². The SMILES string of the molecule is C[C@H](O)C[C@H]1CCCN1Cc1nc2ccc(Br)cc2[nH]1. The maximum atomic E-state index is 9.59. The van der Waals surface area contributed by atoms with Crippen molar-refractivity contribution in [3.05, 3.63) is 28.5 Å². The molecule has 2 atom stereocenters. The van der Waals surface area contributed by atoms with E-state index in [1.54, 1.807) is 0 Å². The molecule has 20 heavy (non-hydrogen) atoms. The van der Waals surface area contributed by atoms with Crippen molar-refractivity contribution < 1.29 is 5.11 Å². The second-order valence-electron chi connectivity index (χ2n) is 5.70. The van der Waals surface area contributed by atoms with Crippen LogP contribution in [0.15, 0.2) is 22.7 Å². The smallest absolute Gasteiger partial charge is 0.121 e. The second-order valence-corrected chi connectivity index (χ2v) is 6.61. The summed E-state index contributed by atoms with van der Waals surface area (Å²) in [5.41, 5.74) is 2.08. The number of hydrogen-bond donors (Lipinski definition) is 2. The molecule has 1 saturated heterocycles. The van der Waals surface area contributed by atoms with E-state index in [0.717, 1.165) is 40.8 Å². The van der Waals surface area contributed by atoms with Gasteiger partial charge in [-0.2, -0.15) is 0 Å². The topological polar surface area (TPSA) is 52.1 Å². The molecule has 2 N–H and O–H groups in total. The van der Waals surface area contributed by atoms with Gasteiger partial charge in [0.15, 0.2) is 0 Å². The number of nitrogens with one attached hydrogen (secondary N) is 1. The second kappa shape index (κ2) is 5.84. The van der Waals surface area contributed by atoms with Gasteiger partial charge in [-0.3, -0.25) is 4.90 Å². The number of imidazole rings is 1. The highest BCUT2D eigenvalue weighted by Crippen LogP contribution is 2.24. The van der Waals surface area contributed by atoms with E-state index in [-0.39, 0.29) is 6.10 Å². The van der Waals surface area contributed by atoms with Crippen LogP contribution in [0.1, 0.15) is 32.0 Å². The number of likely N-dealkylation sites (tertiary alicyclic amines) is 1. The van der Waals surface area contributed by atoms with Crippen molar-refractivity contribution in [1.82, 2.24) is 14.9 Å². The Morgan fingerprint density at radius 1 is 1.55 bits per heavy atom. The molecule has 0 bridgehead atoms. The van der Waals surface area contributed by atoms with Crippen LogP contribution in [-0.2, 0) is 6.54 Å². The highest BCUT2D eigenvalue weighted by molar-refractivity contribution is 9.10. The first kappa shape index (κ1) is 14.0. The van der Waals surface area contributed by atoms with Crippen LogP contribution >= 0.6 is 15.9 Å². The summed E-state index contributed by atoms with van der Waals surface area (Å²) in [6.07, 6.45) is 3.01. The van der Waals surface area contributed by atoms with Crippen LogP contribution in [0, 0.1) is 0 Å². The molecule has 0 amide bonds. The van der Waals surface area contributed by atoms with Crippen LogP contribution in [0.5, 0.6) is 0 Å². The van der Waals surface area contributed by atoms with Gasteiger partial charge in [-0.25, -0.2) is 4.98 Å². The first-order valence-corrected chi connectivity index (χ1v) is 7.97. The van der Waals surface area contributed by atoms with Crippen molar-refractivity contribution in [3.8, 4) is 0 Å². The van der Waals surface area contributed by atoms with Crippen molar-refractivity contribution in [2.45, 2.75) is 44.9 Å². The van der Waals surface area contributed by atoms with Crippen LogP contribution in [0.3, 0.4) is 0 Å². The van der Waals surface area contributed by atoms with E-state index in [9.17, 15) is 5.11 Å². The summed E-state index contributed by atoms with van der Waals surface area (Å²) < 4.78 is 1.06. The summed E-state index contributed by atoms with van der Waals surface area (Å²) in [6, 6.07) is 6.58. The summed E-state index contributed by atoms with van der Waals surface area (Å²) in [6.45, 7) is 3.80. The Hall–Kier alpha value is -0.910. The Morgan fingerprint density at radius 3 is 3.20 bits per heavy atom. The third-order valence-corrected chi connectivity index (χ3v) is 4.45. The predicted molar refractivity (Wildman–Crippen MR) is 83.5 cm³/mol. The lowest BCUT2D eigenvalue weighted by molar-refractivity contribution is 0.129. The molecule has 0 aliphatic carbocycles. The Labute approximate surface area is 127 Å². The zero-order chi connectivity index (χ0) is 14.1. The number of nitrogens with zero attached hydrogens (tertiary/aromatic N) is 2. The van der Waals surface area contributed by atoms with E-state index in [1.165, 1.54) is 12.8 Å². The molecule has 1 fully saturated rings. The van der Waals surface area contributed by atoms with Crippen LogP contribution in [0.4, 0.5) is 0 Å². The lowest BCUT2D eigenvalue weighted by Crippen LogP contribution is -2.31. The number of aliphatic hydroxyl groups is 1. The van der Waals surface area contributed by atoms with Crippen LogP contribution in [0.2, 0.25) is 0 Å². The van der Waals surface area contributed by atoms with Crippen molar-refractivity contribution in [3.63, 3.8) is 0 Å². The summed E-state index contributed by atoms with van der Waals surface area (Å²) >= 11 is 3.48. The molecule has 0 radical (unpaired) electrons. The average Bonchev–Trinajstić information content (AvgIpc) is 2.95. The van der Waals surface area contributed by atoms with Gasteiger partial charge in [0, 0.05) is 10.5 Å². The molecule has 4 nitrogen and oxygen atoms in total. The highest BCUT2D eigenvalue weighted by atomic mass is 79.9. The number of hydrogen-bond acceptors (Lipinski definition) is 3. The standard InChI is InChI=1S/C15H20BrN3O/c1-10(20)7-12-3-2-6-19(12)9-15-17-13-5-4-11(16)8-14(13)18-15/h4-5,8,10,12,20H,2-3,6-7,9H2,1H3,(H,17,18)/t10-,12+/m0/s1. The van der Waals surface area contributed by atoms with Crippen molar-refractivity contribution >= 4 is 27.0 Å². The van der Waals surface area contributed by atoms with Gasteiger partial charge in [-0.1, -0.05) is 15.9 Å². The van der Waals surface area contributed by atoms with E-state index >= 15 is 0 Å². The van der Waals surface area contributed by atoms with Crippen molar-refractivity contribution in [1.29, 1.82) is 0 Å². The molecule has 108 valence electrons. The molecule has 3 rings (SSSR count). The van der Waals surface area contributed by atoms with Gasteiger partial charge in [0.05, 0.1) is 23.7 Å². The third kappa shape index (κ3) is 3.05. The first-order chi connectivity index (χ1) is 9.61. The fourth-order valence-electron chi connectivity index (χ4n) is 3.07. The largest absolute Gasteiger partial charge is 0.393 e. The number of aromatic nitrogens is 2. The van der Waals surface area contributed by atoms with E-state index in [0.29, 0.717) is 6.04 Å². The van der Waals surface area contributed by atoms with Crippen molar-refractivity contribution in [2.24, 2.45) is 0 Å². The fraction of sp³-hybridized carbons (Fsp3) is 0.533. The number of benzene rings is 1. The van der Waals surface area contributed by atoms with Gasteiger partial charge in [-0.15, -0.1) is 0 Å². The molecule has 0 unspecified atom stereocenters. The number of halogens is 1. The average molecular weight is 338 g/mol. The van der Waals surface area contributed by atoms with Gasteiger partial charge in [0.2, 0.25) is 0 Å². The Kier molecular flexibility index (Phi) is 4.10. The first-order valence-electron chi connectivity index (χ1n) is 7.18. The van der Waals surface area contributed by atoms with Crippen LogP contribution < -0.4 is 0 Å². The number of H-pyrrole nitrogens is 1. The zero-order valence-corrected chi connectivity index (χ0v) is 13.2. The fourth-order valence-corrected chi connectivity index (χ4v) is 3.43. The Morgan fingerprint density at radius 2 is 2.40 bits per heavy atom. The minimum Gasteiger partial charge on any atom is -0.393 e. The summed E-state index contributed by atoms with van der Waals surface area (Å²) in [5, 5.41) is 9.59. The minimum atomic E-state index is -0.229. The number of aromatic amines is 1. The molecule has 2 aromatic rings. The van der Waals surface area contributed by atoms with Gasteiger partial charge in [0.1, 0.15) is 5.82 Å². The summed E-state index contributed by atoms with van der Waals surface area (Å²) in [5.74, 6) is 1.01. The van der Waals surface area contributed by atoms with E-state index in [4.69, 9.17) is 0 Å². The summed E-state index contributed by atoms with van der Waals surface area (Å²) in [7, 11) is 0. The van der Waals surface area contributed by atoms with Gasteiger partial charge in [0.25, 0.3) is 0 Å². The van der Waals surface area contributed by atoms with Crippen LogP contribution in [-0.4, -0.2) is 38.7 Å². The number of aliphatic hydroxyl groups excluding tert-OH is 1. The molecule has 1 aliphatic heterocycles. The third-order valence-electron chi connectivity index (χ3n) is 3.96. The normalized spacial score (nSPS) is 21.6. The van der Waals surface area contributed by atoms with Gasteiger partial charge < -0.3 is 10.1 Å². The molecule has 0 spiro atoms. The van der Waals surface area contributed by atoms with E-state index < -0.39 is 0 Å². The molecule has 5 heteroatoms. The van der Waals surface area contributed by atoms with E-state index in [2.05, 4.69) is 36.9 Å². The molecule has 1 aromatic heterocycles. The molecular weight excluding hydrogens is 318 g/mol. The number of fused-ring (bicyclic) bond motifs is 1. The molecule has 1 aromatic carbocycles. The zero-order valence-electron chi connectivity index (χ0n) is 11.6. The van der Waals surface area contributed by atoms with Gasteiger partial charge in [-0.05, 0) is 50.9 Å². The summed E-state index contributed by atoms with van der Waals surface area (Å²) in [4.78, 5) is 10.5. The van der Waals surface area contributed by atoms with E-state index in [1.807, 2.05) is 19.1 Å². The molecular formula is C15H20BrN3O. The molecule has 0 saturated carbocycles. The molecule has 1 aliphatic rings. The number of rotatable bonds is 4. The maximum absolute atomic E-state index is 9.59. The maximum Gasteiger partial charge on any atom is 0.121 e. The lowest BCUT2D eigenvalue weighted by atomic mass is 10.1. The quantitative estimate of drug-likeness (QED) is 0.901. The molecule has 2 heterocycles. The minimum absolute atomic E-state index is 0.229. The van der Waals surface area contributed by atoms with Crippen molar-refractivity contribution in [2.75, 3.05) is 6.54 Å². The lowest BCUT2D eigenvalue weighted by Gasteiger charge is -2.24. The predicted octanol–water partition coefficient (Wildman–Crippen LogP) is 3.06.